The highest BCUT2D eigenvalue weighted by Gasteiger charge is 2.28. The number of aliphatic carboxylic acids is 1. The maximum Gasteiger partial charge on any atom is 0.472 e. The molecule has 0 saturated carbocycles. The predicted molar refractivity (Wildman–Crippen MR) is 175 cm³/mol. The van der Waals surface area contributed by atoms with E-state index < -0.39 is 57.6 Å². The number of ether oxygens (including phenoxy) is 1. The summed E-state index contributed by atoms with van der Waals surface area (Å²) in [6.45, 7) is 2.31. The van der Waals surface area contributed by atoms with Gasteiger partial charge >= 0.3 is 19.8 Å². The van der Waals surface area contributed by atoms with E-state index in [1.54, 1.807) is 0 Å². The van der Waals surface area contributed by atoms with Crippen molar-refractivity contribution < 1.29 is 47.8 Å². The lowest BCUT2D eigenvalue weighted by molar-refractivity contribution is -0.147. The van der Waals surface area contributed by atoms with Gasteiger partial charge in [-0.3, -0.25) is 18.6 Å². The van der Waals surface area contributed by atoms with E-state index in [0.717, 1.165) is 70.6 Å². The first kappa shape index (κ1) is 42.4. The Hall–Kier alpha value is -2.56. The van der Waals surface area contributed by atoms with Crippen molar-refractivity contribution in [3.05, 3.63) is 48.6 Å². The molecule has 3 unspecified atom stereocenters. The number of phosphoric acid groups is 1. The molecule has 0 aliphatic carbocycles. The van der Waals surface area contributed by atoms with Gasteiger partial charge in [-0.05, 0) is 51.4 Å². The van der Waals surface area contributed by atoms with Crippen molar-refractivity contribution in [2.24, 2.45) is 0 Å². The number of phosphoric ester groups is 1. The Balaban J connectivity index is 4.14. The number of aliphatic hydroxyl groups is 1. The minimum absolute atomic E-state index is 0.0916. The number of carboxylic acid groups (broad SMARTS) is 1. The summed E-state index contributed by atoms with van der Waals surface area (Å²) in [5.41, 5.74) is 0. The Morgan fingerprint density at radius 2 is 1.29 bits per heavy atom. The number of allylic oxidation sites excluding steroid dienone is 8. The molecule has 0 aliphatic rings. The molecule has 0 bridgehead atoms. The van der Waals surface area contributed by atoms with Crippen LogP contribution < -0.4 is 5.32 Å². The van der Waals surface area contributed by atoms with Gasteiger partial charge in [0.1, 0.15) is 12.7 Å². The fraction of sp³-hybridized carbons (Fsp3) is 0.667. The molecule has 1 amide bonds. The summed E-state index contributed by atoms with van der Waals surface area (Å²) in [4.78, 5) is 45.3. The van der Waals surface area contributed by atoms with Crippen LogP contribution in [0.25, 0.3) is 0 Å². The van der Waals surface area contributed by atoms with Gasteiger partial charge in [-0.25, -0.2) is 9.36 Å². The van der Waals surface area contributed by atoms with E-state index in [0.29, 0.717) is 12.8 Å². The van der Waals surface area contributed by atoms with Crippen molar-refractivity contribution in [2.75, 3.05) is 19.8 Å². The molecule has 0 heterocycles. The van der Waals surface area contributed by atoms with Crippen molar-refractivity contribution in [2.45, 2.75) is 122 Å². The highest BCUT2D eigenvalue weighted by atomic mass is 31.2. The van der Waals surface area contributed by atoms with E-state index in [9.17, 15) is 34.1 Å². The number of hydrogen-bond acceptors (Lipinski definition) is 8. The molecule has 0 aromatic heterocycles. The van der Waals surface area contributed by atoms with Gasteiger partial charge in [0, 0.05) is 12.8 Å². The monoisotopic (exact) mass is 657 g/mol. The first-order valence-corrected chi connectivity index (χ1v) is 17.7. The standard InChI is InChI=1S/C33H56NO10P/c1-3-5-7-9-11-12-13-14-15-16-17-18-19-20-22-24-31(36)34-30(33(38)39)28-44-45(40,41)43-27-29(35)26-42-32(37)25-23-21-10-8-6-4-2/h5,7,11-12,14-15,17-18,29-30,35H,3-4,6,8-10,13,16,19-28H2,1-2H3,(H,34,36)(H,38,39)(H,40,41)/b7-5-,12-11-,15-14-,18-17-. The highest BCUT2D eigenvalue weighted by molar-refractivity contribution is 7.47. The lowest BCUT2D eigenvalue weighted by atomic mass is 10.1. The Morgan fingerprint density at radius 3 is 1.91 bits per heavy atom. The van der Waals surface area contributed by atoms with Crippen molar-refractivity contribution >= 4 is 25.7 Å². The number of esters is 1. The molecule has 0 saturated heterocycles. The van der Waals surface area contributed by atoms with Gasteiger partial charge in [0.05, 0.1) is 13.2 Å². The summed E-state index contributed by atoms with van der Waals surface area (Å²) in [7, 11) is -4.75. The second-order valence-corrected chi connectivity index (χ2v) is 12.1. The molecule has 0 rings (SSSR count). The Kier molecular flexibility index (Phi) is 27.2. The van der Waals surface area contributed by atoms with Crippen LogP contribution in [0.3, 0.4) is 0 Å². The third-order valence-electron chi connectivity index (χ3n) is 6.38. The predicted octanol–water partition coefficient (Wildman–Crippen LogP) is 6.71. The molecule has 0 aliphatic heterocycles. The lowest BCUT2D eigenvalue weighted by Gasteiger charge is -2.18. The molecule has 258 valence electrons. The molecule has 0 aromatic rings. The molecule has 0 radical (unpaired) electrons. The summed E-state index contributed by atoms with van der Waals surface area (Å²) in [5.74, 6) is -2.45. The van der Waals surface area contributed by atoms with E-state index >= 15 is 0 Å². The Labute approximate surface area is 269 Å². The first-order chi connectivity index (χ1) is 21.6. The average molecular weight is 658 g/mol. The lowest BCUT2D eigenvalue weighted by Crippen LogP contribution is -2.43. The van der Waals surface area contributed by atoms with Gasteiger partial charge in [-0.15, -0.1) is 0 Å². The molecule has 0 aromatic carbocycles. The van der Waals surface area contributed by atoms with Gasteiger partial charge in [0.15, 0.2) is 6.04 Å². The third kappa shape index (κ3) is 28.6. The van der Waals surface area contributed by atoms with E-state index in [1.165, 1.54) is 0 Å². The summed E-state index contributed by atoms with van der Waals surface area (Å²) in [6, 6.07) is -1.57. The number of carbonyl (C=O) groups excluding carboxylic acids is 2. The molecule has 12 heteroatoms. The van der Waals surface area contributed by atoms with Crippen LogP contribution in [0.1, 0.15) is 110 Å². The number of aliphatic hydroxyl groups excluding tert-OH is 1. The Bertz CT molecular complexity index is 963. The maximum absolute atomic E-state index is 12.2. The molecular weight excluding hydrogens is 601 g/mol. The van der Waals surface area contributed by atoms with Crippen molar-refractivity contribution in [3.8, 4) is 0 Å². The quantitative estimate of drug-likeness (QED) is 0.0294. The third-order valence-corrected chi connectivity index (χ3v) is 7.33. The van der Waals surface area contributed by atoms with Crippen LogP contribution >= 0.6 is 7.82 Å². The van der Waals surface area contributed by atoms with E-state index in [1.807, 2.05) is 6.08 Å². The van der Waals surface area contributed by atoms with Gasteiger partial charge < -0.3 is 25.2 Å². The smallest absolute Gasteiger partial charge is 0.472 e. The Morgan fingerprint density at radius 1 is 0.733 bits per heavy atom. The number of rotatable bonds is 29. The van der Waals surface area contributed by atoms with Gasteiger partial charge in [-0.2, -0.15) is 0 Å². The number of carboxylic acids is 1. The van der Waals surface area contributed by atoms with E-state index in [-0.39, 0.29) is 12.8 Å². The maximum atomic E-state index is 12.2. The minimum Gasteiger partial charge on any atom is -0.480 e. The van der Waals surface area contributed by atoms with Gasteiger partial charge in [0.25, 0.3) is 0 Å². The number of hydrogen-bond donors (Lipinski definition) is 4. The van der Waals surface area contributed by atoms with E-state index in [4.69, 9.17) is 9.26 Å². The highest BCUT2D eigenvalue weighted by Crippen LogP contribution is 2.43. The average Bonchev–Trinajstić information content (AvgIpc) is 3.00. The fourth-order valence-electron chi connectivity index (χ4n) is 3.83. The largest absolute Gasteiger partial charge is 0.480 e. The molecule has 4 N–H and O–H groups in total. The van der Waals surface area contributed by atoms with Crippen LogP contribution in [-0.4, -0.2) is 64.9 Å². The minimum atomic E-state index is -4.75. The SMILES string of the molecule is CC/C=C\C/C=C\C/C=C\C/C=C\CCCCC(=O)NC(COP(=O)(O)OCC(O)COC(=O)CCCCCCCC)C(=O)O. The number of unbranched alkanes of at least 4 members (excludes halogenated alkanes) is 7. The molecule has 3 atom stereocenters. The molecule has 0 spiro atoms. The van der Waals surface area contributed by atoms with Crippen LogP contribution in [0.15, 0.2) is 48.6 Å². The van der Waals surface area contributed by atoms with Gasteiger partial charge in [-0.1, -0.05) is 94.6 Å². The van der Waals surface area contributed by atoms with Crippen molar-refractivity contribution in [3.63, 3.8) is 0 Å². The van der Waals surface area contributed by atoms with Crippen LogP contribution in [0, 0.1) is 0 Å². The summed E-state index contributed by atoms with van der Waals surface area (Å²) >= 11 is 0. The van der Waals surface area contributed by atoms with E-state index in [2.05, 4.69) is 66.2 Å². The fourth-order valence-corrected chi connectivity index (χ4v) is 4.60. The topological polar surface area (TPSA) is 169 Å². The molecular formula is C33H56NO10P. The number of nitrogens with one attached hydrogen (secondary N) is 1. The second kappa shape index (κ2) is 28.9. The van der Waals surface area contributed by atoms with Crippen molar-refractivity contribution in [1.29, 1.82) is 0 Å². The first-order valence-electron chi connectivity index (χ1n) is 16.2. The van der Waals surface area contributed by atoms with Crippen LogP contribution in [0.4, 0.5) is 0 Å². The molecule has 11 nitrogen and oxygen atoms in total. The number of amides is 1. The molecule has 0 fully saturated rings. The van der Waals surface area contributed by atoms with Crippen molar-refractivity contribution in [1.82, 2.24) is 5.32 Å². The summed E-state index contributed by atoms with van der Waals surface area (Å²) < 4.78 is 26.5. The number of carbonyl (C=O) groups is 3. The van der Waals surface area contributed by atoms with Gasteiger partial charge in [0.2, 0.25) is 5.91 Å². The normalized spacial score (nSPS) is 14.8. The zero-order valence-corrected chi connectivity index (χ0v) is 28.0. The summed E-state index contributed by atoms with van der Waals surface area (Å²) in [5, 5.41) is 21.5. The van der Waals surface area contributed by atoms with Crippen LogP contribution in [0.2, 0.25) is 0 Å². The second-order valence-electron chi connectivity index (χ2n) is 10.6. The molecule has 45 heavy (non-hydrogen) atoms. The summed E-state index contributed by atoms with van der Waals surface area (Å²) in [6.07, 6.45) is 27.7. The van der Waals surface area contributed by atoms with Crippen LogP contribution in [0.5, 0.6) is 0 Å². The zero-order valence-electron chi connectivity index (χ0n) is 27.1. The zero-order chi connectivity index (χ0) is 33.6. The van der Waals surface area contributed by atoms with Crippen LogP contribution in [-0.2, 0) is 32.7 Å².